The number of thiophene rings is 2. The molecular formula is C47H56N2O10S4. The quantitative estimate of drug-likeness (QED) is 0.0652. The molecule has 1 N–H and O–H groups in total. The number of benzene rings is 4. The predicted molar refractivity (Wildman–Crippen MR) is 251 cm³/mol. The fourth-order valence-electron chi connectivity index (χ4n) is 6.44. The van der Waals surface area contributed by atoms with Gasteiger partial charge in [0.1, 0.15) is 23.3 Å². The van der Waals surface area contributed by atoms with Crippen molar-refractivity contribution in [2.45, 2.75) is 76.3 Å². The van der Waals surface area contributed by atoms with E-state index in [0.29, 0.717) is 35.5 Å². The summed E-state index contributed by atoms with van der Waals surface area (Å²) in [6.45, 7) is 11.3. The van der Waals surface area contributed by atoms with E-state index in [2.05, 4.69) is 4.72 Å². The number of sulfonamides is 2. The Balaban J connectivity index is 0.000000243. The van der Waals surface area contributed by atoms with E-state index in [-0.39, 0.29) is 24.7 Å². The van der Waals surface area contributed by atoms with Crippen molar-refractivity contribution < 1.29 is 45.4 Å². The lowest BCUT2D eigenvalue weighted by Gasteiger charge is -2.32. The van der Waals surface area contributed by atoms with Gasteiger partial charge in [0.25, 0.3) is 0 Å². The molecule has 2 aromatic heterocycles. The lowest BCUT2D eigenvalue weighted by Crippen LogP contribution is -2.43. The molecule has 0 fully saturated rings. The summed E-state index contributed by atoms with van der Waals surface area (Å²) >= 11 is 3.21. The fraction of sp³-hybridized carbons (Fsp3) is 0.362. The molecule has 6 aromatic rings. The van der Waals surface area contributed by atoms with Crippen LogP contribution in [0.3, 0.4) is 0 Å². The van der Waals surface area contributed by atoms with Crippen LogP contribution in [0.1, 0.15) is 75.9 Å². The number of hydrogen-bond donors (Lipinski definition) is 1. The van der Waals surface area contributed by atoms with Gasteiger partial charge in [0, 0.05) is 23.1 Å². The first-order valence-electron chi connectivity index (χ1n) is 20.3. The summed E-state index contributed by atoms with van der Waals surface area (Å²) in [5.74, 6) is -1.72. The van der Waals surface area contributed by atoms with Gasteiger partial charge in [0.2, 0.25) is 20.0 Å². The van der Waals surface area contributed by atoms with Gasteiger partial charge in [-0.25, -0.2) is 26.4 Å². The van der Waals surface area contributed by atoms with Crippen LogP contribution in [0.15, 0.2) is 120 Å². The van der Waals surface area contributed by atoms with Gasteiger partial charge in [-0.15, -0.1) is 22.7 Å². The first kappa shape index (κ1) is 49.5. The van der Waals surface area contributed by atoms with Crippen molar-refractivity contribution in [1.29, 1.82) is 0 Å². The summed E-state index contributed by atoms with van der Waals surface area (Å²) in [6, 6.07) is 30.4. The van der Waals surface area contributed by atoms with Crippen LogP contribution in [-0.4, -0.2) is 77.8 Å². The maximum atomic E-state index is 13.8. The number of hydrogen-bond acceptors (Lipinski definition) is 12. The molecule has 2 atom stereocenters. The van der Waals surface area contributed by atoms with E-state index in [1.165, 1.54) is 4.31 Å². The van der Waals surface area contributed by atoms with Gasteiger partial charge >= 0.3 is 11.9 Å². The fourth-order valence-corrected chi connectivity index (χ4v) is 10.9. The average Bonchev–Trinajstić information content (AvgIpc) is 3.88. The van der Waals surface area contributed by atoms with E-state index in [9.17, 15) is 26.4 Å². The summed E-state index contributed by atoms with van der Waals surface area (Å²) in [7, 11) is -6.16. The van der Waals surface area contributed by atoms with Crippen LogP contribution in [0.5, 0.6) is 0 Å². The second kappa shape index (κ2) is 21.9. The van der Waals surface area contributed by atoms with Gasteiger partial charge in [-0.3, -0.25) is 0 Å². The van der Waals surface area contributed by atoms with E-state index in [1.807, 2.05) is 59.3 Å². The monoisotopic (exact) mass is 936 g/mol. The van der Waals surface area contributed by atoms with Crippen LogP contribution in [0.2, 0.25) is 0 Å². The van der Waals surface area contributed by atoms with Crippen molar-refractivity contribution in [2.75, 3.05) is 33.5 Å². The lowest BCUT2D eigenvalue weighted by molar-refractivity contribution is -0.160. The molecular weight excluding hydrogens is 881 g/mol. The summed E-state index contributed by atoms with van der Waals surface area (Å²) in [6.07, 6.45) is 0. The minimum atomic E-state index is -3.94. The minimum Gasteiger partial charge on any atom is -0.459 e. The van der Waals surface area contributed by atoms with Crippen molar-refractivity contribution in [3.63, 3.8) is 0 Å². The molecule has 0 unspecified atom stereocenters. The second-order valence-corrected chi connectivity index (χ2v) is 22.2. The Morgan fingerprint density at radius 3 is 1.67 bits per heavy atom. The van der Waals surface area contributed by atoms with Crippen LogP contribution >= 0.6 is 22.7 Å². The highest BCUT2D eigenvalue weighted by Gasteiger charge is 2.39. The number of nitrogens with zero attached hydrogens (tertiary/aromatic N) is 1. The molecule has 16 heteroatoms. The molecule has 0 amide bonds. The smallest absolute Gasteiger partial charge is 0.329 e. The van der Waals surface area contributed by atoms with Crippen LogP contribution in [0, 0.1) is 0 Å². The molecule has 0 aliphatic rings. The zero-order chi connectivity index (χ0) is 45.8. The Morgan fingerprint density at radius 2 is 1.14 bits per heavy atom. The summed E-state index contributed by atoms with van der Waals surface area (Å²) in [4.78, 5) is 26.1. The Morgan fingerprint density at radius 1 is 0.635 bits per heavy atom. The number of ether oxygens (including phenoxy) is 4. The van der Waals surface area contributed by atoms with Crippen molar-refractivity contribution in [1.82, 2.24) is 9.03 Å². The van der Waals surface area contributed by atoms with Gasteiger partial charge in [0.15, 0.2) is 0 Å². The first-order valence-corrected chi connectivity index (χ1v) is 25.3. The lowest BCUT2D eigenvalue weighted by atomic mass is 10.1. The molecule has 0 aliphatic carbocycles. The highest BCUT2D eigenvalue weighted by molar-refractivity contribution is 7.88. The topological polar surface area (TPSA) is 155 Å². The van der Waals surface area contributed by atoms with E-state index < -0.39 is 55.3 Å². The van der Waals surface area contributed by atoms with E-state index in [1.54, 1.807) is 132 Å². The molecule has 0 radical (unpaired) electrons. The van der Waals surface area contributed by atoms with Gasteiger partial charge in [-0.2, -0.15) is 9.03 Å². The number of esters is 2. The molecule has 6 rings (SSSR count). The maximum absolute atomic E-state index is 13.8. The van der Waals surface area contributed by atoms with E-state index in [4.69, 9.17) is 18.9 Å². The Hall–Kier alpha value is -4.52. The Labute approximate surface area is 379 Å². The van der Waals surface area contributed by atoms with Crippen molar-refractivity contribution in [3.8, 4) is 0 Å². The summed E-state index contributed by atoms with van der Waals surface area (Å²) in [5, 5.41) is 5.93. The zero-order valence-electron chi connectivity index (χ0n) is 36.6. The predicted octanol–water partition coefficient (Wildman–Crippen LogP) is 9.18. The first-order chi connectivity index (χ1) is 29.7. The summed E-state index contributed by atoms with van der Waals surface area (Å²) in [5.41, 5.74) is 0.883. The Bertz CT molecular complexity index is 2630. The molecule has 0 saturated heterocycles. The number of nitrogens with one attached hydrogen (secondary N) is 1. The number of fused-ring (bicyclic) bond motifs is 2. The standard InChI is InChI=1S/C26H33NO6S2.C21H23NO4S2/c1-26(2,3)33-25(28)24(21-8-6-5-7-9-21)27(13-14-32-16-15-31-4)35(29,30)19-20-10-11-23-22(18-20)12-17-34-23;1-21(2,3)26-20(23)19(16-7-5-4-6-8-16)22-28(24,25)14-15-9-10-18-17(13-15)11-12-27-18/h5-12,17-18,24H,13-16,19H2,1-4H3;4-13,19,22H,14H2,1-3H3/t24-;19-/m11/s1. The maximum Gasteiger partial charge on any atom is 0.329 e. The SMILES string of the molecule is CC(C)(C)OC(=O)[C@H](NS(=O)(=O)Cc1ccc2sccc2c1)c1ccccc1.COCCOCCN([C@@H](C(=O)OC(C)(C)C)c1ccccc1)S(=O)(=O)Cc1ccc2sccc2c1. The van der Waals surface area contributed by atoms with Crippen LogP contribution in [0.25, 0.3) is 20.2 Å². The normalized spacial score (nSPS) is 13.3. The van der Waals surface area contributed by atoms with Crippen LogP contribution in [0.4, 0.5) is 0 Å². The highest BCUT2D eigenvalue weighted by atomic mass is 32.2. The largest absolute Gasteiger partial charge is 0.459 e. The van der Waals surface area contributed by atoms with Crippen molar-refractivity contribution >= 4 is 74.8 Å². The molecule has 338 valence electrons. The summed E-state index contributed by atoms with van der Waals surface area (Å²) < 4.78 is 80.9. The number of carbonyl (C=O) groups is 2. The van der Waals surface area contributed by atoms with E-state index in [0.717, 1.165) is 20.2 Å². The van der Waals surface area contributed by atoms with Gasteiger partial charge in [-0.05, 0) is 122 Å². The molecule has 63 heavy (non-hydrogen) atoms. The molecule has 12 nitrogen and oxygen atoms in total. The number of carbonyl (C=O) groups excluding carboxylic acids is 2. The minimum absolute atomic E-state index is 0.00839. The van der Waals surface area contributed by atoms with Gasteiger partial charge < -0.3 is 18.9 Å². The molecule has 2 heterocycles. The van der Waals surface area contributed by atoms with Crippen molar-refractivity contribution in [2.24, 2.45) is 0 Å². The molecule has 0 aliphatic heterocycles. The number of methoxy groups -OCH3 is 1. The second-order valence-electron chi connectivity index (χ2n) is 16.7. The molecule has 0 spiro atoms. The number of rotatable bonds is 18. The zero-order valence-corrected chi connectivity index (χ0v) is 39.9. The third kappa shape index (κ3) is 15.3. The third-order valence-corrected chi connectivity index (χ3v) is 14.0. The molecule has 0 bridgehead atoms. The van der Waals surface area contributed by atoms with Crippen molar-refractivity contribution in [3.05, 3.63) is 142 Å². The Kier molecular flexibility index (Phi) is 17.2. The average molecular weight is 937 g/mol. The van der Waals surface area contributed by atoms with Crippen LogP contribution < -0.4 is 4.72 Å². The van der Waals surface area contributed by atoms with Crippen LogP contribution in [-0.2, 0) is 60.1 Å². The highest BCUT2D eigenvalue weighted by Crippen LogP contribution is 2.31. The third-order valence-electron chi connectivity index (χ3n) is 9.09. The van der Waals surface area contributed by atoms with E-state index >= 15 is 0 Å². The molecule has 4 aromatic carbocycles. The van der Waals surface area contributed by atoms with Gasteiger partial charge in [0.05, 0.1) is 31.3 Å². The van der Waals surface area contributed by atoms with Gasteiger partial charge in [-0.1, -0.05) is 72.8 Å². The molecule has 0 saturated carbocycles.